The van der Waals surface area contributed by atoms with Crippen LogP contribution in [0.5, 0.6) is 0 Å². The third-order valence-corrected chi connectivity index (χ3v) is 5.48. The molecule has 0 saturated heterocycles. The Kier molecular flexibility index (Phi) is 5.98. The molecule has 0 bridgehead atoms. The quantitative estimate of drug-likeness (QED) is 0.790. The second-order valence-corrected chi connectivity index (χ2v) is 7.33. The van der Waals surface area contributed by atoms with Crippen LogP contribution in [0.25, 0.3) is 0 Å². The van der Waals surface area contributed by atoms with Crippen LogP contribution in [-0.2, 0) is 10.0 Å². The Bertz CT molecular complexity index is 524. The first kappa shape index (κ1) is 16.6. The molecule has 0 saturated carbocycles. The van der Waals surface area contributed by atoms with Crippen molar-refractivity contribution < 1.29 is 8.42 Å². The number of nitrogens with two attached hydrogens (primary N) is 1. The van der Waals surface area contributed by atoms with Gasteiger partial charge in [0.25, 0.3) is 0 Å². The number of rotatable bonds is 6. The first-order chi connectivity index (χ1) is 8.81. The summed E-state index contributed by atoms with van der Waals surface area (Å²) in [4.78, 5) is 0.111. The fourth-order valence-electron chi connectivity index (χ4n) is 1.55. The van der Waals surface area contributed by atoms with Crippen LogP contribution < -0.4 is 10.5 Å². The number of nitrogen functional groups attached to an aromatic ring is 1. The first-order valence-electron chi connectivity index (χ1n) is 5.88. The molecule has 0 spiro atoms. The minimum absolute atomic E-state index is 0.0960. The number of anilines is 1. The fraction of sp³-hybridized carbons (Fsp3) is 0.500. The summed E-state index contributed by atoms with van der Waals surface area (Å²) in [6.45, 7) is 3.70. The molecule has 3 N–H and O–H groups in total. The molecule has 108 valence electrons. The van der Waals surface area contributed by atoms with Gasteiger partial charge in [0.2, 0.25) is 10.0 Å². The largest absolute Gasteiger partial charge is 0.398 e. The summed E-state index contributed by atoms with van der Waals surface area (Å²) in [6, 6.07) is 2.78. The van der Waals surface area contributed by atoms with Crippen molar-refractivity contribution in [3.8, 4) is 0 Å². The van der Waals surface area contributed by atoms with Crippen LogP contribution in [0.1, 0.15) is 18.9 Å². The van der Waals surface area contributed by atoms with Gasteiger partial charge in [-0.1, -0.05) is 18.5 Å². The average molecular weight is 323 g/mol. The SMILES string of the molecule is CCC(CSC)NS(=O)(=O)c1cc(N)c(C)c(Cl)c1. The molecule has 0 radical (unpaired) electrons. The highest BCUT2D eigenvalue weighted by Gasteiger charge is 2.20. The van der Waals surface area contributed by atoms with E-state index in [2.05, 4.69) is 4.72 Å². The summed E-state index contributed by atoms with van der Waals surface area (Å²) in [5.74, 6) is 0.727. The van der Waals surface area contributed by atoms with Crippen molar-refractivity contribution in [2.75, 3.05) is 17.7 Å². The molecule has 0 aromatic heterocycles. The van der Waals surface area contributed by atoms with Crippen LogP contribution in [0.3, 0.4) is 0 Å². The highest BCUT2D eigenvalue weighted by molar-refractivity contribution is 7.98. The molecule has 0 amide bonds. The van der Waals surface area contributed by atoms with E-state index in [0.717, 1.165) is 12.2 Å². The normalized spacial score (nSPS) is 13.5. The van der Waals surface area contributed by atoms with Crippen LogP contribution in [0.15, 0.2) is 17.0 Å². The zero-order chi connectivity index (χ0) is 14.6. The Morgan fingerprint density at radius 3 is 2.58 bits per heavy atom. The second-order valence-electron chi connectivity index (χ2n) is 4.30. The Hall–Kier alpha value is -0.430. The van der Waals surface area contributed by atoms with E-state index >= 15 is 0 Å². The van der Waals surface area contributed by atoms with E-state index in [1.54, 1.807) is 18.7 Å². The molecule has 0 fully saturated rings. The molecule has 0 aliphatic rings. The summed E-state index contributed by atoms with van der Waals surface area (Å²) in [7, 11) is -3.58. The minimum Gasteiger partial charge on any atom is -0.398 e. The molecule has 1 atom stereocenters. The highest BCUT2D eigenvalue weighted by Crippen LogP contribution is 2.26. The zero-order valence-electron chi connectivity index (χ0n) is 11.2. The molecule has 1 aromatic carbocycles. The summed E-state index contributed by atoms with van der Waals surface area (Å²) < 4.78 is 27.2. The van der Waals surface area contributed by atoms with Gasteiger partial charge in [-0.05, 0) is 37.3 Å². The lowest BCUT2D eigenvalue weighted by molar-refractivity contribution is 0.558. The number of hydrogen-bond donors (Lipinski definition) is 2. The standard InChI is InChI=1S/C12H19ClN2O2S2/c1-4-9(7-18-3)15-19(16,17)10-5-11(13)8(2)12(14)6-10/h5-6,9,15H,4,7,14H2,1-3H3. The van der Waals surface area contributed by atoms with Crippen molar-refractivity contribution in [3.05, 3.63) is 22.7 Å². The third-order valence-electron chi connectivity index (χ3n) is 2.85. The lowest BCUT2D eigenvalue weighted by Crippen LogP contribution is -2.36. The Labute approximate surface area is 124 Å². The molecule has 0 aliphatic heterocycles. The predicted molar refractivity (Wildman–Crippen MR) is 83.4 cm³/mol. The predicted octanol–water partition coefficient (Wildman–Crippen LogP) is 2.65. The van der Waals surface area contributed by atoms with Crippen LogP contribution in [0.4, 0.5) is 5.69 Å². The van der Waals surface area contributed by atoms with E-state index in [0.29, 0.717) is 16.3 Å². The Morgan fingerprint density at radius 2 is 2.11 bits per heavy atom. The number of nitrogens with one attached hydrogen (secondary N) is 1. The van der Waals surface area contributed by atoms with Gasteiger partial charge in [-0.15, -0.1) is 0 Å². The van der Waals surface area contributed by atoms with E-state index < -0.39 is 10.0 Å². The van der Waals surface area contributed by atoms with Gasteiger partial charge in [-0.3, -0.25) is 0 Å². The van der Waals surface area contributed by atoms with Crippen molar-refractivity contribution in [2.24, 2.45) is 0 Å². The topological polar surface area (TPSA) is 72.2 Å². The molecule has 0 heterocycles. The van der Waals surface area contributed by atoms with Gasteiger partial charge >= 0.3 is 0 Å². The average Bonchev–Trinajstić information content (AvgIpc) is 2.34. The summed E-state index contributed by atoms with van der Waals surface area (Å²) in [5, 5.41) is 0.360. The van der Waals surface area contributed by atoms with Gasteiger partial charge in [0, 0.05) is 22.5 Å². The van der Waals surface area contributed by atoms with E-state index in [9.17, 15) is 8.42 Å². The van der Waals surface area contributed by atoms with Crippen molar-refractivity contribution in [2.45, 2.75) is 31.2 Å². The summed E-state index contributed by atoms with van der Waals surface area (Å²) in [5.41, 5.74) is 6.83. The molecule has 19 heavy (non-hydrogen) atoms. The number of thioether (sulfide) groups is 1. The van der Waals surface area contributed by atoms with Crippen molar-refractivity contribution in [3.63, 3.8) is 0 Å². The fourth-order valence-corrected chi connectivity index (χ4v) is 4.05. The van der Waals surface area contributed by atoms with E-state index in [4.69, 9.17) is 17.3 Å². The molecular formula is C12H19ClN2O2S2. The van der Waals surface area contributed by atoms with Crippen LogP contribution in [-0.4, -0.2) is 26.5 Å². The van der Waals surface area contributed by atoms with Crippen LogP contribution in [0, 0.1) is 6.92 Å². The van der Waals surface area contributed by atoms with Crippen LogP contribution in [0.2, 0.25) is 5.02 Å². The number of sulfonamides is 1. The molecule has 4 nitrogen and oxygen atoms in total. The maximum atomic E-state index is 12.3. The number of hydrogen-bond acceptors (Lipinski definition) is 4. The van der Waals surface area contributed by atoms with Crippen molar-refractivity contribution >= 4 is 39.1 Å². The third kappa shape index (κ3) is 4.27. The first-order valence-corrected chi connectivity index (χ1v) is 9.14. The lowest BCUT2D eigenvalue weighted by Gasteiger charge is -2.16. The highest BCUT2D eigenvalue weighted by atomic mass is 35.5. The Balaban J connectivity index is 3.07. The smallest absolute Gasteiger partial charge is 0.240 e. The zero-order valence-corrected chi connectivity index (χ0v) is 13.6. The minimum atomic E-state index is -3.58. The Morgan fingerprint density at radius 1 is 1.47 bits per heavy atom. The molecule has 1 aromatic rings. The summed E-state index contributed by atoms with van der Waals surface area (Å²) >= 11 is 7.58. The van der Waals surface area contributed by atoms with Crippen molar-refractivity contribution in [1.29, 1.82) is 0 Å². The van der Waals surface area contributed by atoms with Gasteiger partial charge < -0.3 is 5.73 Å². The summed E-state index contributed by atoms with van der Waals surface area (Å²) in [6.07, 6.45) is 2.67. The van der Waals surface area contributed by atoms with E-state index in [-0.39, 0.29) is 10.9 Å². The van der Waals surface area contributed by atoms with Gasteiger partial charge in [0.15, 0.2) is 0 Å². The maximum Gasteiger partial charge on any atom is 0.240 e. The van der Waals surface area contributed by atoms with Crippen LogP contribution >= 0.6 is 23.4 Å². The molecule has 0 aliphatic carbocycles. The molecule has 7 heteroatoms. The van der Waals surface area contributed by atoms with Crippen molar-refractivity contribution in [1.82, 2.24) is 4.72 Å². The molecule has 1 unspecified atom stereocenters. The maximum absolute atomic E-state index is 12.3. The van der Waals surface area contributed by atoms with E-state index in [1.165, 1.54) is 12.1 Å². The molecular weight excluding hydrogens is 304 g/mol. The van der Waals surface area contributed by atoms with E-state index in [1.807, 2.05) is 13.2 Å². The monoisotopic (exact) mass is 322 g/mol. The number of benzene rings is 1. The molecule has 1 rings (SSSR count). The van der Waals surface area contributed by atoms with Gasteiger partial charge in [-0.2, -0.15) is 11.8 Å². The number of halogens is 1. The van der Waals surface area contributed by atoms with Gasteiger partial charge in [0.05, 0.1) is 4.90 Å². The second kappa shape index (κ2) is 6.83. The van der Waals surface area contributed by atoms with Gasteiger partial charge in [-0.25, -0.2) is 13.1 Å². The van der Waals surface area contributed by atoms with Gasteiger partial charge in [0.1, 0.15) is 0 Å². The lowest BCUT2D eigenvalue weighted by atomic mass is 10.2.